The second-order valence-electron chi connectivity index (χ2n) is 7.12. The maximum Gasteiger partial charge on any atom is 0.154 e. The van der Waals surface area contributed by atoms with Crippen molar-refractivity contribution >= 4 is 16.9 Å². The maximum absolute atomic E-state index is 15.0. The molecule has 0 aliphatic carbocycles. The zero-order valence-electron chi connectivity index (χ0n) is 15.4. The van der Waals surface area contributed by atoms with E-state index in [0.717, 1.165) is 29.1 Å². The predicted octanol–water partition coefficient (Wildman–Crippen LogP) is 2.83. The number of ether oxygens (including phenoxy) is 2. The summed E-state index contributed by atoms with van der Waals surface area (Å²) in [6, 6.07) is 7.02. The Morgan fingerprint density at radius 1 is 1.44 bits per heavy atom. The van der Waals surface area contributed by atoms with Gasteiger partial charge in [0.15, 0.2) is 5.17 Å². The van der Waals surface area contributed by atoms with E-state index in [2.05, 4.69) is 10.2 Å². The van der Waals surface area contributed by atoms with Crippen molar-refractivity contribution in [1.82, 2.24) is 10.2 Å². The molecule has 3 heterocycles. The molecule has 144 valence electrons. The van der Waals surface area contributed by atoms with Crippen LogP contribution >= 0.6 is 11.8 Å². The molecule has 1 aromatic carbocycles. The number of hydrogen-bond donors (Lipinski definition) is 2. The number of benzene rings is 1. The molecule has 0 bridgehead atoms. The molecular formula is C19H23FN4O2S. The number of amidine groups is 1. The molecule has 1 fully saturated rings. The third kappa shape index (κ3) is 3.37. The second-order valence-corrected chi connectivity index (χ2v) is 8.16. The number of fused-ring (bicyclic) bond motifs is 1. The van der Waals surface area contributed by atoms with Gasteiger partial charge in [0.25, 0.3) is 0 Å². The van der Waals surface area contributed by atoms with Gasteiger partial charge in [-0.05, 0) is 37.6 Å². The van der Waals surface area contributed by atoms with Crippen molar-refractivity contribution in [1.29, 1.82) is 0 Å². The van der Waals surface area contributed by atoms with Gasteiger partial charge in [-0.15, -0.1) is 0 Å². The van der Waals surface area contributed by atoms with Crippen molar-refractivity contribution in [3.63, 3.8) is 0 Å². The number of aromatic nitrogens is 2. The van der Waals surface area contributed by atoms with Crippen LogP contribution in [0.2, 0.25) is 0 Å². The molecular weight excluding hydrogens is 367 g/mol. The molecule has 1 aromatic heterocycles. The molecule has 0 amide bonds. The Hall–Kier alpha value is -1.90. The summed E-state index contributed by atoms with van der Waals surface area (Å²) in [6.45, 7) is 2.72. The second kappa shape index (κ2) is 7.26. The minimum atomic E-state index is -0.811. The third-order valence-electron chi connectivity index (χ3n) is 5.31. The standard InChI is InChI=1S/C19H23FN4O2S/c1-11-5-17(24-23-11)12-3-4-16(20)15(6-12)19-10-26-14(8-25-2)7-13(19)9-27-18(21)22-19/h3-6,13-14H,7-10H2,1-2H3,(H2,21,22)(H,23,24)/t13-,14+,19-/m0/s1. The maximum atomic E-state index is 15.0. The first-order chi connectivity index (χ1) is 13.0. The number of thioether (sulfide) groups is 1. The van der Waals surface area contributed by atoms with E-state index in [0.29, 0.717) is 17.3 Å². The summed E-state index contributed by atoms with van der Waals surface area (Å²) in [6.07, 6.45) is 0.745. The fraction of sp³-hybridized carbons (Fsp3) is 0.474. The van der Waals surface area contributed by atoms with Gasteiger partial charge in [-0.2, -0.15) is 5.10 Å². The molecule has 8 heteroatoms. The van der Waals surface area contributed by atoms with Gasteiger partial charge in [-0.3, -0.25) is 5.10 Å². The zero-order valence-corrected chi connectivity index (χ0v) is 16.2. The van der Waals surface area contributed by atoms with Crippen LogP contribution in [-0.2, 0) is 15.0 Å². The Morgan fingerprint density at radius 2 is 2.30 bits per heavy atom. The number of H-pyrrole nitrogens is 1. The molecule has 0 saturated carbocycles. The minimum absolute atomic E-state index is 0.00949. The van der Waals surface area contributed by atoms with Gasteiger partial charge in [0.2, 0.25) is 0 Å². The SMILES string of the molecule is COC[C@H]1C[C@H]2CSC(N)=N[C@@]2(c2cc(-c3cc(C)n[nH]3)ccc2F)CO1. The van der Waals surface area contributed by atoms with Crippen LogP contribution in [0, 0.1) is 18.7 Å². The van der Waals surface area contributed by atoms with Gasteiger partial charge < -0.3 is 15.2 Å². The van der Waals surface area contributed by atoms with Crippen molar-refractivity contribution in [3.8, 4) is 11.3 Å². The molecule has 4 rings (SSSR count). The molecule has 2 aliphatic heterocycles. The van der Waals surface area contributed by atoms with Gasteiger partial charge in [0.05, 0.1) is 30.7 Å². The fourth-order valence-corrected chi connectivity index (χ4v) is 4.95. The van der Waals surface area contributed by atoms with E-state index in [1.165, 1.54) is 17.8 Å². The lowest BCUT2D eigenvalue weighted by Crippen LogP contribution is -2.51. The Morgan fingerprint density at radius 3 is 3.04 bits per heavy atom. The van der Waals surface area contributed by atoms with E-state index in [4.69, 9.17) is 20.2 Å². The Bertz CT molecular complexity index is 871. The number of aryl methyl sites for hydroxylation is 1. The highest BCUT2D eigenvalue weighted by molar-refractivity contribution is 8.13. The number of nitrogens with one attached hydrogen (secondary N) is 1. The molecule has 6 nitrogen and oxygen atoms in total. The Balaban J connectivity index is 1.78. The van der Waals surface area contributed by atoms with Crippen molar-refractivity contribution in [2.45, 2.75) is 25.0 Å². The smallest absolute Gasteiger partial charge is 0.154 e. The Labute approximate surface area is 161 Å². The molecule has 27 heavy (non-hydrogen) atoms. The van der Waals surface area contributed by atoms with Gasteiger partial charge in [0.1, 0.15) is 11.4 Å². The van der Waals surface area contributed by atoms with Crippen LogP contribution in [0.25, 0.3) is 11.3 Å². The van der Waals surface area contributed by atoms with Gasteiger partial charge in [-0.25, -0.2) is 9.38 Å². The topological polar surface area (TPSA) is 85.5 Å². The number of aromatic amines is 1. The highest BCUT2D eigenvalue weighted by Crippen LogP contribution is 2.47. The van der Waals surface area contributed by atoms with E-state index in [9.17, 15) is 4.39 Å². The number of rotatable bonds is 4. The molecule has 0 spiro atoms. The molecule has 1 saturated heterocycles. The summed E-state index contributed by atoms with van der Waals surface area (Å²) < 4.78 is 26.3. The van der Waals surface area contributed by atoms with Crippen LogP contribution in [-0.4, -0.2) is 47.5 Å². The number of nitrogens with zero attached hydrogens (tertiary/aromatic N) is 2. The lowest BCUT2D eigenvalue weighted by Gasteiger charge is -2.46. The molecule has 2 aliphatic rings. The first-order valence-electron chi connectivity index (χ1n) is 8.93. The third-order valence-corrected chi connectivity index (χ3v) is 6.26. The summed E-state index contributed by atoms with van der Waals surface area (Å²) in [7, 11) is 1.66. The first kappa shape index (κ1) is 18.5. The lowest BCUT2D eigenvalue weighted by atomic mass is 9.74. The minimum Gasteiger partial charge on any atom is -0.382 e. The van der Waals surface area contributed by atoms with Crippen LogP contribution in [0.4, 0.5) is 4.39 Å². The van der Waals surface area contributed by atoms with Crippen LogP contribution in [0.1, 0.15) is 17.7 Å². The van der Waals surface area contributed by atoms with E-state index < -0.39 is 5.54 Å². The highest BCUT2D eigenvalue weighted by Gasteiger charge is 2.49. The van der Waals surface area contributed by atoms with E-state index in [1.807, 2.05) is 19.1 Å². The monoisotopic (exact) mass is 390 g/mol. The zero-order chi connectivity index (χ0) is 19.0. The number of nitrogens with two attached hydrogens (primary N) is 1. The number of methoxy groups -OCH3 is 1. The summed E-state index contributed by atoms with van der Waals surface area (Å²) in [5.74, 6) is 0.611. The first-order valence-corrected chi connectivity index (χ1v) is 9.91. The van der Waals surface area contributed by atoms with E-state index in [1.54, 1.807) is 13.2 Å². The summed E-state index contributed by atoms with van der Waals surface area (Å²) in [5.41, 5.74) is 8.36. The molecule has 3 N–H and O–H groups in total. The summed E-state index contributed by atoms with van der Waals surface area (Å²) in [4.78, 5) is 4.73. The lowest BCUT2D eigenvalue weighted by molar-refractivity contribution is -0.0836. The normalized spacial score (nSPS) is 27.9. The van der Waals surface area contributed by atoms with Crippen LogP contribution in [0.15, 0.2) is 29.3 Å². The van der Waals surface area contributed by atoms with Crippen LogP contribution in [0.3, 0.4) is 0 Å². The van der Waals surface area contributed by atoms with E-state index >= 15 is 0 Å². The largest absolute Gasteiger partial charge is 0.382 e. The molecule has 0 unspecified atom stereocenters. The summed E-state index contributed by atoms with van der Waals surface area (Å²) >= 11 is 1.52. The fourth-order valence-electron chi connectivity index (χ4n) is 3.94. The Kier molecular flexibility index (Phi) is 4.96. The number of hydrogen-bond acceptors (Lipinski definition) is 6. The summed E-state index contributed by atoms with van der Waals surface area (Å²) in [5, 5.41) is 7.63. The van der Waals surface area contributed by atoms with Gasteiger partial charge in [-0.1, -0.05) is 11.8 Å². The van der Waals surface area contributed by atoms with Crippen LogP contribution in [0.5, 0.6) is 0 Å². The van der Waals surface area contributed by atoms with Crippen molar-refractivity contribution in [2.75, 3.05) is 26.1 Å². The highest BCUT2D eigenvalue weighted by atomic mass is 32.2. The van der Waals surface area contributed by atoms with Crippen LogP contribution < -0.4 is 5.73 Å². The quantitative estimate of drug-likeness (QED) is 0.838. The average Bonchev–Trinajstić information content (AvgIpc) is 3.09. The van der Waals surface area contributed by atoms with Gasteiger partial charge >= 0.3 is 0 Å². The predicted molar refractivity (Wildman–Crippen MR) is 104 cm³/mol. The number of halogens is 1. The average molecular weight is 390 g/mol. The molecule has 3 atom stereocenters. The van der Waals surface area contributed by atoms with E-state index in [-0.39, 0.29) is 24.4 Å². The molecule has 2 aromatic rings. The van der Waals surface area contributed by atoms with Gasteiger partial charge in [0, 0.05) is 29.9 Å². The molecule has 0 radical (unpaired) electrons. The van der Waals surface area contributed by atoms with Crippen molar-refractivity contribution in [2.24, 2.45) is 16.6 Å². The van der Waals surface area contributed by atoms with Crippen molar-refractivity contribution in [3.05, 3.63) is 41.3 Å². The number of aliphatic imine (C=N–C) groups is 1. The van der Waals surface area contributed by atoms with Crippen molar-refractivity contribution < 1.29 is 13.9 Å².